The van der Waals surface area contributed by atoms with Crippen molar-refractivity contribution in [1.29, 1.82) is 0 Å². The minimum Gasteiger partial charge on any atom is -0.292 e. The highest BCUT2D eigenvalue weighted by molar-refractivity contribution is 6.28. The lowest BCUT2D eigenvalue weighted by atomic mass is 9.81. The molecule has 108 valence electrons. The first kappa shape index (κ1) is 15.0. The summed E-state index contributed by atoms with van der Waals surface area (Å²) in [7, 11) is 0. The SMILES string of the molecule is CC(C)(C)CC(C)(C)n1c(Cl)nnc1-c1ccccc1. The van der Waals surface area contributed by atoms with Crippen molar-refractivity contribution in [1.82, 2.24) is 14.8 Å². The standard InChI is InChI=1S/C16H22ClN3/c1-15(2,3)11-16(4,5)20-13(18-19-14(20)17)12-9-7-6-8-10-12/h6-10H,11H2,1-5H3. The molecule has 0 aliphatic rings. The van der Waals surface area contributed by atoms with Gasteiger partial charge in [-0.2, -0.15) is 0 Å². The molecule has 1 aromatic heterocycles. The fourth-order valence-corrected chi connectivity index (χ4v) is 3.30. The molecule has 3 nitrogen and oxygen atoms in total. The second-order valence-electron chi connectivity index (χ2n) is 7.04. The van der Waals surface area contributed by atoms with E-state index >= 15 is 0 Å². The van der Waals surface area contributed by atoms with Gasteiger partial charge in [-0.3, -0.25) is 4.57 Å². The van der Waals surface area contributed by atoms with E-state index in [0.717, 1.165) is 17.8 Å². The Hall–Kier alpha value is -1.35. The largest absolute Gasteiger partial charge is 0.292 e. The fraction of sp³-hybridized carbons (Fsp3) is 0.500. The first-order chi connectivity index (χ1) is 9.21. The summed E-state index contributed by atoms with van der Waals surface area (Å²) in [6.45, 7) is 11.1. The zero-order valence-corrected chi connectivity index (χ0v) is 13.6. The normalized spacial score (nSPS) is 12.7. The number of benzene rings is 1. The third-order valence-corrected chi connectivity index (χ3v) is 3.47. The highest BCUT2D eigenvalue weighted by Gasteiger charge is 2.31. The molecule has 2 rings (SSSR count). The molecule has 0 saturated carbocycles. The quantitative estimate of drug-likeness (QED) is 0.815. The molecular weight excluding hydrogens is 270 g/mol. The molecule has 0 aliphatic carbocycles. The molecule has 1 heterocycles. The van der Waals surface area contributed by atoms with Crippen molar-refractivity contribution < 1.29 is 0 Å². The van der Waals surface area contributed by atoms with Crippen LogP contribution in [0.1, 0.15) is 41.0 Å². The van der Waals surface area contributed by atoms with Crippen LogP contribution in [-0.4, -0.2) is 14.8 Å². The molecule has 0 saturated heterocycles. The summed E-state index contributed by atoms with van der Waals surface area (Å²) in [5.41, 5.74) is 1.09. The molecule has 0 N–H and O–H groups in total. The van der Waals surface area contributed by atoms with Crippen molar-refractivity contribution in [2.45, 2.75) is 46.6 Å². The highest BCUT2D eigenvalue weighted by Crippen LogP contribution is 2.36. The molecule has 0 aliphatic heterocycles. The Morgan fingerprint density at radius 2 is 1.60 bits per heavy atom. The second kappa shape index (κ2) is 5.21. The van der Waals surface area contributed by atoms with Crippen molar-refractivity contribution in [2.75, 3.05) is 0 Å². The van der Waals surface area contributed by atoms with Crippen LogP contribution in [0.4, 0.5) is 0 Å². The van der Waals surface area contributed by atoms with Gasteiger partial charge in [-0.25, -0.2) is 0 Å². The van der Waals surface area contributed by atoms with Gasteiger partial charge in [-0.15, -0.1) is 10.2 Å². The maximum atomic E-state index is 6.30. The fourth-order valence-electron chi connectivity index (χ4n) is 2.95. The van der Waals surface area contributed by atoms with E-state index in [1.807, 2.05) is 34.9 Å². The average Bonchev–Trinajstić information content (AvgIpc) is 2.70. The van der Waals surface area contributed by atoms with Gasteiger partial charge in [0.1, 0.15) is 0 Å². The van der Waals surface area contributed by atoms with E-state index < -0.39 is 0 Å². The van der Waals surface area contributed by atoms with E-state index in [9.17, 15) is 0 Å². The van der Waals surface area contributed by atoms with Crippen LogP contribution in [0.5, 0.6) is 0 Å². The van der Waals surface area contributed by atoms with E-state index in [0.29, 0.717) is 5.28 Å². The van der Waals surface area contributed by atoms with Gasteiger partial charge >= 0.3 is 0 Å². The summed E-state index contributed by atoms with van der Waals surface area (Å²) < 4.78 is 2.04. The van der Waals surface area contributed by atoms with Gasteiger partial charge in [-0.05, 0) is 37.3 Å². The predicted octanol–water partition coefficient (Wildman–Crippen LogP) is 4.77. The Bertz CT molecular complexity index is 580. The van der Waals surface area contributed by atoms with Crippen LogP contribution in [0, 0.1) is 5.41 Å². The van der Waals surface area contributed by atoms with E-state index in [1.54, 1.807) is 0 Å². The number of hydrogen-bond acceptors (Lipinski definition) is 2. The Labute approximate surface area is 126 Å². The lowest BCUT2D eigenvalue weighted by molar-refractivity contribution is 0.216. The Kier molecular flexibility index (Phi) is 3.92. The first-order valence-electron chi connectivity index (χ1n) is 6.87. The summed E-state index contributed by atoms with van der Waals surface area (Å²) in [5, 5.41) is 8.77. The summed E-state index contributed by atoms with van der Waals surface area (Å²) in [4.78, 5) is 0. The highest BCUT2D eigenvalue weighted by atomic mass is 35.5. The third-order valence-electron chi connectivity index (χ3n) is 3.22. The van der Waals surface area contributed by atoms with Gasteiger partial charge < -0.3 is 0 Å². The lowest BCUT2D eigenvalue weighted by Gasteiger charge is -2.34. The van der Waals surface area contributed by atoms with Gasteiger partial charge in [0, 0.05) is 11.1 Å². The third kappa shape index (κ3) is 3.21. The molecule has 2 aromatic rings. The molecule has 0 fully saturated rings. The summed E-state index contributed by atoms with van der Waals surface area (Å²) >= 11 is 6.30. The molecule has 0 radical (unpaired) electrons. The summed E-state index contributed by atoms with van der Waals surface area (Å²) in [5.74, 6) is 0.824. The molecule has 0 unspecified atom stereocenters. The summed E-state index contributed by atoms with van der Waals surface area (Å²) in [6, 6.07) is 10.1. The molecule has 0 amide bonds. The number of hydrogen-bond donors (Lipinski definition) is 0. The maximum absolute atomic E-state index is 6.30. The van der Waals surface area contributed by atoms with Crippen molar-refractivity contribution in [3.05, 3.63) is 35.6 Å². The van der Waals surface area contributed by atoms with Gasteiger partial charge in [0.15, 0.2) is 5.82 Å². The van der Waals surface area contributed by atoms with Crippen LogP contribution < -0.4 is 0 Å². The van der Waals surface area contributed by atoms with E-state index in [2.05, 4.69) is 44.8 Å². The van der Waals surface area contributed by atoms with Crippen LogP contribution in [0.15, 0.2) is 30.3 Å². The molecule has 0 spiro atoms. The van der Waals surface area contributed by atoms with Crippen LogP contribution >= 0.6 is 11.6 Å². The first-order valence-corrected chi connectivity index (χ1v) is 7.25. The zero-order valence-electron chi connectivity index (χ0n) is 12.8. The minimum atomic E-state index is -0.149. The molecule has 4 heteroatoms. The van der Waals surface area contributed by atoms with Crippen LogP contribution in [0.25, 0.3) is 11.4 Å². The maximum Gasteiger partial charge on any atom is 0.225 e. The van der Waals surface area contributed by atoms with Crippen molar-refractivity contribution in [3.63, 3.8) is 0 Å². The lowest BCUT2D eigenvalue weighted by Crippen LogP contribution is -2.32. The van der Waals surface area contributed by atoms with Gasteiger partial charge in [-0.1, -0.05) is 51.1 Å². The molecule has 20 heavy (non-hydrogen) atoms. The number of halogens is 1. The monoisotopic (exact) mass is 291 g/mol. The Morgan fingerprint density at radius 1 is 1.00 bits per heavy atom. The Morgan fingerprint density at radius 3 is 2.15 bits per heavy atom. The molecule has 0 bridgehead atoms. The van der Waals surface area contributed by atoms with Gasteiger partial charge in [0.25, 0.3) is 0 Å². The van der Waals surface area contributed by atoms with E-state index in [1.165, 1.54) is 0 Å². The number of rotatable bonds is 3. The average molecular weight is 292 g/mol. The number of aromatic nitrogens is 3. The smallest absolute Gasteiger partial charge is 0.225 e. The van der Waals surface area contributed by atoms with Crippen molar-refractivity contribution in [2.24, 2.45) is 5.41 Å². The van der Waals surface area contributed by atoms with Gasteiger partial charge in [0.2, 0.25) is 5.28 Å². The Balaban J connectivity index is 2.50. The van der Waals surface area contributed by atoms with Crippen molar-refractivity contribution >= 4 is 11.6 Å². The number of nitrogens with zero attached hydrogens (tertiary/aromatic N) is 3. The second-order valence-corrected chi connectivity index (χ2v) is 7.38. The summed E-state index contributed by atoms with van der Waals surface area (Å²) in [6.07, 6.45) is 0.984. The zero-order chi connectivity index (χ0) is 15.0. The van der Waals surface area contributed by atoms with Crippen LogP contribution in [0.3, 0.4) is 0 Å². The topological polar surface area (TPSA) is 30.7 Å². The molecule has 0 atom stereocenters. The molecule has 1 aromatic carbocycles. The molecular formula is C16H22ClN3. The van der Waals surface area contributed by atoms with Crippen LogP contribution in [-0.2, 0) is 5.54 Å². The predicted molar refractivity (Wildman–Crippen MR) is 83.9 cm³/mol. The van der Waals surface area contributed by atoms with E-state index in [4.69, 9.17) is 11.6 Å². The minimum absolute atomic E-state index is 0.149. The van der Waals surface area contributed by atoms with Gasteiger partial charge in [0.05, 0.1) is 0 Å². The van der Waals surface area contributed by atoms with E-state index in [-0.39, 0.29) is 11.0 Å². The van der Waals surface area contributed by atoms with Crippen molar-refractivity contribution in [3.8, 4) is 11.4 Å². The van der Waals surface area contributed by atoms with Crippen LogP contribution in [0.2, 0.25) is 5.28 Å².